The fraction of sp³-hybridized carbons (Fsp3) is 0.667. The molecule has 0 fully saturated rings. The zero-order valence-corrected chi connectivity index (χ0v) is 16.8. The highest BCUT2D eigenvalue weighted by Gasteiger charge is 2.39. The second-order valence-corrected chi connectivity index (χ2v) is 7.86. The lowest BCUT2D eigenvalue weighted by molar-refractivity contribution is 0.0708. The van der Waals surface area contributed by atoms with E-state index in [0.29, 0.717) is 26.4 Å². The summed E-state index contributed by atoms with van der Waals surface area (Å²) in [5.74, 6) is 0. The van der Waals surface area contributed by atoms with E-state index in [1.807, 2.05) is 51.1 Å². The predicted octanol–water partition coefficient (Wildman–Crippen LogP) is 3.18. The van der Waals surface area contributed by atoms with Gasteiger partial charge in [-0.25, -0.2) is 0 Å². The first-order chi connectivity index (χ1) is 11.7. The van der Waals surface area contributed by atoms with E-state index in [1.165, 1.54) is 5.56 Å². The second kappa shape index (κ2) is 15.7. The number of nitrogens with two attached hydrogens (primary N) is 1. The monoisotopic (exact) mass is 356 g/mol. The minimum atomic E-state index is -2.39. The van der Waals surface area contributed by atoms with Gasteiger partial charge in [-0.05, 0) is 45.8 Å². The number of hydrogen-bond acceptors (Lipinski definition) is 5. The number of benzene rings is 1. The SMILES string of the molecule is CCNCCC[Si](OCC)(OCC)OCC.NCc1ccccc1. The summed E-state index contributed by atoms with van der Waals surface area (Å²) < 4.78 is 17.3. The molecule has 1 aromatic carbocycles. The van der Waals surface area contributed by atoms with Crippen LogP contribution >= 0.6 is 0 Å². The van der Waals surface area contributed by atoms with Crippen molar-refractivity contribution in [3.8, 4) is 0 Å². The molecule has 0 amide bonds. The molecule has 5 nitrogen and oxygen atoms in total. The first-order valence-corrected chi connectivity index (χ1v) is 11.0. The van der Waals surface area contributed by atoms with Crippen LogP contribution in [-0.2, 0) is 19.8 Å². The van der Waals surface area contributed by atoms with Crippen molar-refractivity contribution in [3.63, 3.8) is 0 Å². The molecule has 24 heavy (non-hydrogen) atoms. The lowest BCUT2D eigenvalue weighted by Gasteiger charge is -2.28. The molecule has 6 heteroatoms. The van der Waals surface area contributed by atoms with Gasteiger partial charge < -0.3 is 24.3 Å². The van der Waals surface area contributed by atoms with Crippen LogP contribution in [0.25, 0.3) is 0 Å². The third-order valence-corrected chi connectivity index (χ3v) is 6.41. The molecule has 0 aliphatic carbocycles. The molecular formula is C18H36N2O3Si. The van der Waals surface area contributed by atoms with Crippen molar-refractivity contribution in [2.24, 2.45) is 5.73 Å². The average Bonchev–Trinajstić information content (AvgIpc) is 2.61. The van der Waals surface area contributed by atoms with E-state index in [1.54, 1.807) is 0 Å². The Kier molecular flexibility index (Phi) is 15.2. The zero-order valence-electron chi connectivity index (χ0n) is 15.8. The average molecular weight is 357 g/mol. The Hall–Kier alpha value is -0.763. The van der Waals surface area contributed by atoms with Crippen LogP contribution in [-0.4, -0.2) is 41.7 Å². The Bertz CT molecular complexity index is 363. The van der Waals surface area contributed by atoms with Crippen LogP contribution in [0.5, 0.6) is 0 Å². The van der Waals surface area contributed by atoms with Crippen LogP contribution in [0, 0.1) is 0 Å². The van der Waals surface area contributed by atoms with Crippen molar-refractivity contribution in [2.45, 2.75) is 46.7 Å². The maximum absolute atomic E-state index is 5.76. The zero-order chi connectivity index (χ0) is 18.1. The predicted molar refractivity (Wildman–Crippen MR) is 103 cm³/mol. The third-order valence-electron chi connectivity index (χ3n) is 3.26. The summed E-state index contributed by atoms with van der Waals surface area (Å²) in [6.45, 7) is 12.7. The van der Waals surface area contributed by atoms with Crippen molar-refractivity contribution < 1.29 is 13.3 Å². The lowest BCUT2D eigenvalue weighted by atomic mass is 10.2. The van der Waals surface area contributed by atoms with Gasteiger partial charge in [-0.2, -0.15) is 0 Å². The molecule has 0 aromatic heterocycles. The standard InChI is InChI=1S/C11H27NO3Si.C7H9N/c1-5-12-10-9-11-16(13-6-2,14-7-3)15-8-4;8-6-7-4-2-1-3-5-7/h12H,5-11H2,1-4H3;1-5H,6,8H2. The van der Waals surface area contributed by atoms with Gasteiger partial charge in [0, 0.05) is 32.4 Å². The Morgan fingerprint density at radius 2 is 1.46 bits per heavy atom. The first-order valence-electron chi connectivity index (χ1n) is 9.04. The fourth-order valence-corrected chi connectivity index (χ4v) is 4.83. The molecule has 3 N–H and O–H groups in total. The summed E-state index contributed by atoms with van der Waals surface area (Å²) in [6, 6.07) is 10.9. The molecule has 0 bridgehead atoms. The Morgan fingerprint density at radius 3 is 1.83 bits per heavy atom. The van der Waals surface area contributed by atoms with Gasteiger partial charge in [-0.15, -0.1) is 0 Å². The first kappa shape index (κ1) is 23.2. The van der Waals surface area contributed by atoms with Crippen molar-refractivity contribution in [3.05, 3.63) is 35.9 Å². The molecule has 0 saturated carbocycles. The highest BCUT2D eigenvalue weighted by atomic mass is 28.4. The summed E-state index contributed by atoms with van der Waals surface area (Å²) in [4.78, 5) is 0. The Labute approximate surface area is 149 Å². The van der Waals surface area contributed by atoms with E-state index in [0.717, 1.165) is 25.6 Å². The minimum Gasteiger partial charge on any atom is -0.374 e. The van der Waals surface area contributed by atoms with Crippen LogP contribution in [0.3, 0.4) is 0 Å². The van der Waals surface area contributed by atoms with Gasteiger partial charge in [-0.3, -0.25) is 0 Å². The third kappa shape index (κ3) is 10.9. The molecular weight excluding hydrogens is 320 g/mol. The molecule has 0 saturated heterocycles. The maximum atomic E-state index is 5.76. The molecule has 140 valence electrons. The van der Waals surface area contributed by atoms with Crippen molar-refractivity contribution in [1.82, 2.24) is 5.32 Å². The number of hydrogen-bond donors (Lipinski definition) is 2. The Balaban J connectivity index is 0.000000546. The van der Waals surface area contributed by atoms with Gasteiger partial charge in [0.1, 0.15) is 0 Å². The van der Waals surface area contributed by atoms with Crippen LogP contribution in [0.15, 0.2) is 30.3 Å². The summed E-state index contributed by atoms with van der Waals surface area (Å²) in [6.07, 6.45) is 1.04. The van der Waals surface area contributed by atoms with Gasteiger partial charge in [0.05, 0.1) is 0 Å². The summed E-state index contributed by atoms with van der Waals surface area (Å²) in [5.41, 5.74) is 6.54. The van der Waals surface area contributed by atoms with E-state index in [4.69, 9.17) is 19.0 Å². The highest BCUT2D eigenvalue weighted by Crippen LogP contribution is 2.17. The topological polar surface area (TPSA) is 65.7 Å². The van der Waals surface area contributed by atoms with Gasteiger partial charge >= 0.3 is 8.80 Å². The molecule has 1 aromatic rings. The molecule has 0 aliphatic rings. The van der Waals surface area contributed by atoms with Gasteiger partial charge in [0.15, 0.2) is 0 Å². The van der Waals surface area contributed by atoms with Crippen LogP contribution < -0.4 is 11.1 Å². The van der Waals surface area contributed by atoms with E-state index in [-0.39, 0.29) is 0 Å². The maximum Gasteiger partial charge on any atom is 0.500 e. The minimum absolute atomic E-state index is 0.640. The van der Waals surface area contributed by atoms with Crippen LogP contribution in [0.2, 0.25) is 6.04 Å². The van der Waals surface area contributed by atoms with Crippen LogP contribution in [0.4, 0.5) is 0 Å². The highest BCUT2D eigenvalue weighted by molar-refractivity contribution is 6.60. The van der Waals surface area contributed by atoms with Crippen molar-refractivity contribution in [1.29, 1.82) is 0 Å². The van der Waals surface area contributed by atoms with Crippen molar-refractivity contribution >= 4 is 8.80 Å². The quantitative estimate of drug-likeness (QED) is 0.445. The van der Waals surface area contributed by atoms with Gasteiger partial charge in [-0.1, -0.05) is 37.3 Å². The number of rotatable bonds is 12. The van der Waals surface area contributed by atoms with Gasteiger partial charge in [0.2, 0.25) is 0 Å². The van der Waals surface area contributed by atoms with E-state index >= 15 is 0 Å². The number of nitrogens with one attached hydrogen (secondary N) is 1. The largest absolute Gasteiger partial charge is 0.500 e. The molecule has 0 radical (unpaired) electrons. The molecule has 0 atom stereocenters. The fourth-order valence-electron chi connectivity index (χ4n) is 2.22. The van der Waals surface area contributed by atoms with Gasteiger partial charge in [0.25, 0.3) is 0 Å². The second-order valence-electron chi connectivity index (χ2n) is 5.13. The van der Waals surface area contributed by atoms with E-state index in [9.17, 15) is 0 Å². The molecule has 0 heterocycles. The lowest BCUT2D eigenvalue weighted by Crippen LogP contribution is -2.46. The van der Waals surface area contributed by atoms with Crippen molar-refractivity contribution in [2.75, 3.05) is 32.9 Å². The van der Waals surface area contributed by atoms with E-state index < -0.39 is 8.80 Å². The van der Waals surface area contributed by atoms with Crippen LogP contribution in [0.1, 0.15) is 39.7 Å². The summed E-state index contributed by atoms with van der Waals surface area (Å²) in [5, 5.41) is 3.30. The van der Waals surface area contributed by atoms with E-state index in [2.05, 4.69) is 12.2 Å². The summed E-state index contributed by atoms with van der Waals surface area (Å²) in [7, 11) is -2.39. The Morgan fingerprint density at radius 1 is 0.917 bits per heavy atom. The smallest absolute Gasteiger partial charge is 0.374 e. The molecule has 0 unspecified atom stereocenters. The normalized spacial score (nSPS) is 11.0. The summed E-state index contributed by atoms with van der Waals surface area (Å²) >= 11 is 0. The molecule has 0 aliphatic heterocycles. The molecule has 0 spiro atoms. The molecule has 1 rings (SSSR count).